The van der Waals surface area contributed by atoms with Crippen LogP contribution in [0.5, 0.6) is 0 Å². The highest BCUT2D eigenvalue weighted by atomic mass is 127. The zero-order valence-corrected chi connectivity index (χ0v) is 21.5. The second kappa shape index (κ2) is 13.5. The number of ether oxygens (including phenoxy) is 2. The van der Waals surface area contributed by atoms with Crippen molar-refractivity contribution in [1.29, 1.82) is 0 Å². The highest BCUT2D eigenvalue weighted by molar-refractivity contribution is 14.0. The molecule has 1 heterocycles. The van der Waals surface area contributed by atoms with E-state index in [1.165, 1.54) is 0 Å². The van der Waals surface area contributed by atoms with Crippen molar-refractivity contribution < 1.29 is 17.9 Å². The number of nitrogens with zero attached hydrogens (tertiary/aromatic N) is 3. The topological polar surface area (TPSA) is 83.5 Å². The first-order valence-electron chi connectivity index (χ1n) is 9.97. The van der Waals surface area contributed by atoms with Crippen molar-refractivity contribution in [2.75, 3.05) is 52.7 Å². The van der Waals surface area contributed by atoms with E-state index in [9.17, 15) is 8.42 Å². The molecule has 1 aliphatic rings. The molecule has 1 aliphatic heterocycles. The van der Waals surface area contributed by atoms with E-state index in [0.717, 1.165) is 17.1 Å². The van der Waals surface area contributed by atoms with Crippen molar-refractivity contribution in [2.24, 2.45) is 4.99 Å². The molecule has 0 unspecified atom stereocenters. The average Bonchev–Trinajstić information content (AvgIpc) is 2.70. The fourth-order valence-electron chi connectivity index (χ4n) is 3.13. The van der Waals surface area contributed by atoms with E-state index >= 15 is 0 Å². The zero-order valence-electron chi connectivity index (χ0n) is 18.3. The van der Waals surface area contributed by atoms with Crippen molar-refractivity contribution in [3.63, 3.8) is 0 Å². The predicted molar refractivity (Wildman–Crippen MR) is 131 cm³/mol. The predicted octanol–water partition coefficient (Wildman–Crippen LogP) is 1.90. The number of nitrogens with one attached hydrogen (secondary N) is 1. The molecule has 172 valence electrons. The van der Waals surface area contributed by atoms with Crippen molar-refractivity contribution in [3.8, 4) is 0 Å². The molecule has 0 aromatic heterocycles. The zero-order chi connectivity index (χ0) is 21.3. The Balaban J connectivity index is 0.00000450. The van der Waals surface area contributed by atoms with E-state index in [0.29, 0.717) is 39.3 Å². The molecule has 1 saturated heterocycles. The van der Waals surface area contributed by atoms with Crippen LogP contribution >= 0.6 is 24.0 Å². The highest BCUT2D eigenvalue weighted by Crippen LogP contribution is 2.10. The van der Waals surface area contributed by atoms with Gasteiger partial charge in [0.2, 0.25) is 10.0 Å². The second-order valence-electron chi connectivity index (χ2n) is 7.27. The minimum atomic E-state index is -3.29. The third kappa shape index (κ3) is 8.66. The molecule has 10 heteroatoms. The SMILES string of the molecule is CN=C(NCc1ccc(COC)cc1)N1CCN(S(=O)(=O)CCOC(C)C)CC1.I. The number of aliphatic imine (C=N–C) groups is 1. The number of hydrogen-bond donors (Lipinski definition) is 1. The third-order valence-corrected chi connectivity index (χ3v) is 6.55. The lowest BCUT2D eigenvalue weighted by atomic mass is 10.1. The summed E-state index contributed by atoms with van der Waals surface area (Å²) in [5, 5.41) is 3.36. The highest BCUT2D eigenvalue weighted by Gasteiger charge is 2.27. The van der Waals surface area contributed by atoms with Crippen LogP contribution in [0.15, 0.2) is 29.3 Å². The number of halogens is 1. The molecule has 1 fully saturated rings. The van der Waals surface area contributed by atoms with Gasteiger partial charge in [0.05, 0.1) is 25.1 Å². The first-order chi connectivity index (χ1) is 13.9. The standard InChI is InChI=1S/C20H34N4O4S.HI/c1-17(2)28-13-14-29(25,26)24-11-9-23(10-12-24)20(21-3)22-15-18-5-7-19(8-6-18)16-27-4;/h5-8,17H,9-16H2,1-4H3,(H,21,22);1H. The number of benzene rings is 1. The Morgan fingerprint density at radius 3 is 2.27 bits per heavy atom. The van der Waals surface area contributed by atoms with Crippen LogP contribution in [0.1, 0.15) is 25.0 Å². The number of guanidine groups is 1. The Labute approximate surface area is 198 Å². The molecule has 1 N–H and O–H groups in total. The Morgan fingerprint density at radius 1 is 1.13 bits per heavy atom. The summed E-state index contributed by atoms with van der Waals surface area (Å²) in [6.45, 7) is 7.42. The third-order valence-electron chi connectivity index (χ3n) is 4.72. The second-order valence-corrected chi connectivity index (χ2v) is 9.36. The van der Waals surface area contributed by atoms with Gasteiger partial charge in [-0.15, -0.1) is 24.0 Å². The lowest BCUT2D eigenvalue weighted by Gasteiger charge is -2.35. The van der Waals surface area contributed by atoms with E-state index in [4.69, 9.17) is 9.47 Å². The molecule has 8 nitrogen and oxygen atoms in total. The van der Waals surface area contributed by atoms with Gasteiger partial charge < -0.3 is 19.7 Å². The van der Waals surface area contributed by atoms with Crippen LogP contribution < -0.4 is 5.32 Å². The fourth-order valence-corrected chi connectivity index (χ4v) is 4.41. The summed E-state index contributed by atoms with van der Waals surface area (Å²) in [5.41, 5.74) is 2.29. The summed E-state index contributed by atoms with van der Waals surface area (Å²) in [5.74, 6) is 0.808. The molecule has 0 bridgehead atoms. The van der Waals surface area contributed by atoms with E-state index in [1.807, 2.05) is 13.8 Å². The Bertz CT molecular complexity index is 749. The summed E-state index contributed by atoms with van der Waals surface area (Å²) in [7, 11) is 0.143. The van der Waals surface area contributed by atoms with Gasteiger partial charge in [-0.2, -0.15) is 4.31 Å². The molecule has 0 aliphatic carbocycles. The van der Waals surface area contributed by atoms with Crippen molar-refractivity contribution in [2.45, 2.75) is 33.1 Å². The number of methoxy groups -OCH3 is 1. The fraction of sp³-hybridized carbons (Fsp3) is 0.650. The Kier molecular flexibility index (Phi) is 12.2. The van der Waals surface area contributed by atoms with Crippen molar-refractivity contribution in [3.05, 3.63) is 35.4 Å². The lowest BCUT2D eigenvalue weighted by Crippen LogP contribution is -2.54. The summed E-state index contributed by atoms with van der Waals surface area (Å²) < 4.78 is 37.0. The Morgan fingerprint density at radius 2 is 1.73 bits per heavy atom. The summed E-state index contributed by atoms with van der Waals surface area (Å²) in [6, 6.07) is 8.24. The van der Waals surface area contributed by atoms with Crippen LogP contribution in [0, 0.1) is 0 Å². The first kappa shape index (κ1) is 27.1. The van der Waals surface area contributed by atoms with E-state index in [-0.39, 0.29) is 42.4 Å². The van der Waals surface area contributed by atoms with Crippen LogP contribution in [0.4, 0.5) is 0 Å². The van der Waals surface area contributed by atoms with Gasteiger partial charge in [-0.1, -0.05) is 24.3 Å². The number of sulfonamides is 1. The smallest absolute Gasteiger partial charge is 0.216 e. The van der Waals surface area contributed by atoms with Crippen LogP contribution in [0.2, 0.25) is 0 Å². The summed E-state index contributed by atoms with van der Waals surface area (Å²) in [6.07, 6.45) is 0.0348. The molecule has 0 amide bonds. The van der Waals surface area contributed by atoms with Crippen LogP contribution in [-0.2, 0) is 32.6 Å². The maximum Gasteiger partial charge on any atom is 0.216 e. The molecule has 1 aromatic carbocycles. The van der Waals surface area contributed by atoms with Crippen LogP contribution in [-0.4, -0.2) is 82.4 Å². The van der Waals surface area contributed by atoms with E-state index in [2.05, 4.69) is 39.5 Å². The lowest BCUT2D eigenvalue weighted by molar-refractivity contribution is 0.0904. The van der Waals surface area contributed by atoms with Gasteiger partial charge in [-0.05, 0) is 25.0 Å². The minimum absolute atomic E-state index is 0. The van der Waals surface area contributed by atoms with Gasteiger partial charge in [-0.25, -0.2) is 8.42 Å². The molecule has 2 rings (SSSR count). The van der Waals surface area contributed by atoms with Gasteiger partial charge in [0, 0.05) is 46.9 Å². The monoisotopic (exact) mass is 554 g/mol. The quantitative estimate of drug-likeness (QED) is 0.285. The molecule has 1 aromatic rings. The normalized spacial score (nSPS) is 15.9. The molecule has 0 radical (unpaired) electrons. The molecule has 0 atom stereocenters. The number of hydrogen-bond acceptors (Lipinski definition) is 5. The van der Waals surface area contributed by atoms with Gasteiger partial charge in [-0.3, -0.25) is 4.99 Å². The van der Waals surface area contributed by atoms with Crippen LogP contribution in [0.3, 0.4) is 0 Å². The largest absolute Gasteiger partial charge is 0.380 e. The van der Waals surface area contributed by atoms with Gasteiger partial charge in [0.1, 0.15) is 0 Å². The molecular formula is C20H35IN4O4S. The van der Waals surface area contributed by atoms with Crippen molar-refractivity contribution >= 4 is 40.0 Å². The molecular weight excluding hydrogens is 519 g/mol. The van der Waals surface area contributed by atoms with Gasteiger partial charge >= 0.3 is 0 Å². The van der Waals surface area contributed by atoms with Crippen LogP contribution in [0.25, 0.3) is 0 Å². The summed E-state index contributed by atoms with van der Waals surface area (Å²) >= 11 is 0. The molecule has 0 saturated carbocycles. The van der Waals surface area contributed by atoms with Gasteiger partial charge in [0.25, 0.3) is 0 Å². The number of rotatable bonds is 9. The summed E-state index contributed by atoms with van der Waals surface area (Å²) in [4.78, 5) is 6.45. The maximum absolute atomic E-state index is 12.5. The first-order valence-corrected chi connectivity index (χ1v) is 11.6. The van der Waals surface area contributed by atoms with Gasteiger partial charge in [0.15, 0.2) is 5.96 Å². The molecule has 30 heavy (non-hydrogen) atoms. The minimum Gasteiger partial charge on any atom is -0.380 e. The maximum atomic E-state index is 12.5. The van der Waals surface area contributed by atoms with E-state index in [1.54, 1.807) is 18.5 Å². The Hall–Kier alpha value is -0.950. The average molecular weight is 554 g/mol. The molecule has 0 spiro atoms. The number of piperazine rings is 1. The van der Waals surface area contributed by atoms with Crippen molar-refractivity contribution in [1.82, 2.24) is 14.5 Å². The van der Waals surface area contributed by atoms with E-state index < -0.39 is 10.0 Å².